The first-order valence-corrected chi connectivity index (χ1v) is 8.18. The van der Waals surface area contributed by atoms with Gasteiger partial charge in [0.2, 0.25) is 5.91 Å². The Bertz CT molecular complexity index is 642. The average Bonchev–Trinajstić information content (AvgIpc) is 3.27. The summed E-state index contributed by atoms with van der Waals surface area (Å²) in [4.78, 5) is 14.6. The lowest BCUT2D eigenvalue weighted by atomic mass is 10.1. The summed E-state index contributed by atoms with van der Waals surface area (Å²) in [6, 6.07) is 13.9. The first-order chi connectivity index (χ1) is 11.6. The lowest BCUT2D eigenvalue weighted by Crippen LogP contribution is -2.45. The van der Waals surface area contributed by atoms with Gasteiger partial charge in [-0.1, -0.05) is 30.3 Å². The van der Waals surface area contributed by atoms with E-state index in [4.69, 9.17) is 4.42 Å². The van der Waals surface area contributed by atoms with Gasteiger partial charge >= 0.3 is 0 Å². The molecule has 1 aromatic carbocycles. The van der Waals surface area contributed by atoms with Crippen molar-refractivity contribution in [2.24, 2.45) is 0 Å². The predicted octanol–water partition coefficient (Wildman–Crippen LogP) is 1.61. The van der Waals surface area contributed by atoms with E-state index < -0.39 is 0 Å². The highest BCUT2D eigenvalue weighted by Crippen LogP contribution is 2.22. The molecule has 1 aromatic heterocycles. The van der Waals surface area contributed by atoms with E-state index in [-0.39, 0.29) is 24.0 Å². The van der Waals surface area contributed by atoms with E-state index in [1.54, 1.807) is 6.26 Å². The fraction of sp³-hybridized carbons (Fsp3) is 0.389. The van der Waals surface area contributed by atoms with Crippen molar-refractivity contribution in [3.8, 4) is 0 Å². The van der Waals surface area contributed by atoms with Gasteiger partial charge < -0.3 is 14.6 Å². The van der Waals surface area contributed by atoms with Crippen LogP contribution in [0, 0.1) is 0 Å². The molecule has 0 bridgehead atoms. The van der Waals surface area contributed by atoms with Gasteiger partial charge in [0.15, 0.2) is 0 Å². The third-order valence-electron chi connectivity index (χ3n) is 4.38. The zero-order valence-corrected chi connectivity index (χ0v) is 14.0. The van der Waals surface area contributed by atoms with E-state index in [1.807, 2.05) is 44.4 Å². The molecule has 3 atom stereocenters. The van der Waals surface area contributed by atoms with Gasteiger partial charge in [-0.2, -0.15) is 0 Å². The van der Waals surface area contributed by atoms with Crippen LogP contribution in [-0.4, -0.2) is 37.5 Å². The molecule has 0 aliphatic carbocycles. The summed E-state index contributed by atoms with van der Waals surface area (Å²) in [5.74, 6) is 0.840. The number of hydrogen-bond acceptors (Lipinski definition) is 5. The number of carbonyl (C=O) groups is 1. The molecule has 128 valence electrons. The van der Waals surface area contributed by atoms with E-state index in [9.17, 15) is 4.79 Å². The van der Waals surface area contributed by atoms with Crippen molar-refractivity contribution in [3.63, 3.8) is 0 Å². The van der Waals surface area contributed by atoms with Crippen molar-refractivity contribution in [2.45, 2.75) is 24.5 Å². The zero-order valence-electron chi connectivity index (χ0n) is 14.0. The standard InChI is InChI=1S/C18H24N4O2/c1-22(2)16(13-7-4-3-5-8-13)12-19-18(23)15-11-14(20-21-15)17-9-6-10-24-17/h3-10,14-16,20-21H,11-12H2,1-2H3,(H,19,23). The fourth-order valence-corrected chi connectivity index (χ4v) is 3.00. The largest absolute Gasteiger partial charge is 0.468 e. The molecule has 1 fully saturated rings. The third kappa shape index (κ3) is 3.84. The van der Waals surface area contributed by atoms with Crippen LogP contribution in [-0.2, 0) is 4.79 Å². The normalized spacial score (nSPS) is 21.8. The molecule has 6 nitrogen and oxygen atoms in total. The average molecular weight is 328 g/mol. The van der Waals surface area contributed by atoms with Crippen LogP contribution in [0.4, 0.5) is 0 Å². The molecule has 2 heterocycles. The summed E-state index contributed by atoms with van der Waals surface area (Å²) in [6.07, 6.45) is 2.31. The van der Waals surface area contributed by atoms with E-state index in [0.717, 1.165) is 5.76 Å². The molecule has 3 N–H and O–H groups in total. The van der Waals surface area contributed by atoms with Crippen molar-refractivity contribution >= 4 is 5.91 Å². The molecule has 1 saturated heterocycles. The number of benzene rings is 1. The van der Waals surface area contributed by atoms with Crippen molar-refractivity contribution < 1.29 is 9.21 Å². The second-order valence-corrected chi connectivity index (χ2v) is 6.28. The highest BCUT2D eigenvalue weighted by Gasteiger charge is 2.31. The number of rotatable bonds is 6. The van der Waals surface area contributed by atoms with Crippen LogP contribution >= 0.6 is 0 Å². The van der Waals surface area contributed by atoms with Crippen LogP contribution in [0.15, 0.2) is 53.1 Å². The van der Waals surface area contributed by atoms with Crippen LogP contribution < -0.4 is 16.2 Å². The van der Waals surface area contributed by atoms with Crippen molar-refractivity contribution in [1.29, 1.82) is 0 Å². The highest BCUT2D eigenvalue weighted by atomic mass is 16.3. The van der Waals surface area contributed by atoms with Crippen molar-refractivity contribution in [1.82, 2.24) is 21.1 Å². The van der Waals surface area contributed by atoms with Crippen LogP contribution in [0.2, 0.25) is 0 Å². The Morgan fingerprint density at radius 3 is 2.71 bits per heavy atom. The number of hydrazine groups is 1. The van der Waals surface area contributed by atoms with E-state index in [0.29, 0.717) is 13.0 Å². The van der Waals surface area contributed by atoms with Gasteiger partial charge in [0.05, 0.1) is 18.3 Å². The van der Waals surface area contributed by atoms with Crippen LogP contribution in [0.5, 0.6) is 0 Å². The van der Waals surface area contributed by atoms with Crippen LogP contribution in [0.3, 0.4) is 0 Å². The molecular formula is C18H24N4O2. The number of likely N-dealkylation sites (N-methyl/N-ethyl adjacent to an activating group) is 1. The van der Waals surface area contributed by atoms with E-state index in [1.165, 1.54) is 5.56 Å². The molecular weight excluding hydrogens is 304 g/mol. The van der Waals surface area contributed by atoms with Crippen LogP contribution in [0.25, 0.3) is 0 Å². The zero-order chi connectivity index (χ0) is 16.9. The summed E-state index contributed by atoms with van der Waals surface area (Å²) in [5, 5.41) is 3.06. The molecule has 3 unspecified atom stereocenters. The molecule has 2 aromatic rings. The molecule has 24 heavy (non-hydrogen) atoms. The maximum Gasteiger partial charge on any atom is 0.238 e. The van der Waals surface area contributed by atoms with Gasteiger partial charge in [-0.05, 0) is 38.2 Å². The lowest BCUT2D eigenvalue weighted by molar-refractivity contribution is -0.123. The Hall–Kier alpha value is -2.15. The lowest BCUT2D eigenvalue weighted by Gasteiger charge is -2.25. The first-order valence-electron chi connectivity index (χ1n) is 8.18. The molecule has 3 rings (SSSR count). The smallest absolute Gasteiger partial charge is 0.238 e. The maximum absolute atomic E-state index is 12.5. The molecule has 1 aliphatic rings. The summed E-state index contributed by atoms with van der Waals surface area (Å²) < 4.78 is 5.39. The first kappa shape index (κ1) is 16.7. The summed E-state index contributed by atoms with van der Waals surface area (Å²) >= 11 is 0. The number of amides is 1. The van der Waals surface area contributed by atoms with Gasteiger partial charge in [-0.25, -0.2) is 10.9 Å². The topological polar surface area (TPSA) is 69.5 Å². The van der Waals surface area contributed by atoms with Gasteiger partial charge in [0, 0.05) is 6.54 Å². The van der Waals surface area contributed by atoms with E-state index >= 15 is 0 Å². The molecule has 0 spiro atoms. The third-order valence-corrected chi connectivity index (χ3v) is 4.38. The van der Waals surface area contributed by atoms with Crippen molar-refractivity contribution in [3.05, 3.63) is 60.1 Å². The van der Waals surface area contributed by atoms with Gasteiger partial charge in [-0.3, -0.25) is 4.79 Å². The predicted molar refractivity (Wildman–Crippen MR) is 92.0 cm³/mol. The van der Waals surface area contributed by atoms with Gasteiger partial charge in [0.25, 0.3) is 0 Å². The quantitative estimate of drug-likeness (QED) is 0.751. The number of nitrogens with one attached hydrogen (secondary N) is 3. The Kier molecular flexibility index (Phi) is 5.30. The summed E-state index contributed by atoms with van der Waals surface area (Å²) in [7, 11) is 4.04. The number of hydrogen-bond donors (Lipinski definition) is 3. The fourth-order valence-electron chi connectivity index (χ4n) is 3.00. The monoisotopic (exact) mass is 328 g/mol. The number of carbonyl (C=O) groups excluding carboxylic acids is 1. The summed E-state index contributed by atoms with van der Waals surface area (Å²) in [6.45, 7) is 0.569. The minimum absolute atomic E-state index is 0.000614. The van der Waals surface area contributed by atoms with E-state index in [2.05, 4.69) is 33.2 Å². The SMILES string of the molecule is CN(C)C(CNC(=O)C1CC(c2ccco2)NN1)c1ccccc1. The minimum Gasteiger partial charge on any atom is -0.468 e. The molecule has 1 amide bonds. The second kappa shape index (κ2) is 7.61. The maximum atomic E-state index is 12.5. The molecule has 0 radical (unpaired) electrons. The van der Waals surface area contributed by atoms with Crippen LogP contribution in [0.1, 0.15) is 29.8 Å². The number of furan rings is 1. The second-order valence-electron chi connectivity index (χ2n) is 6.28. The Labute approximate surface area is 142 Å². The molecule has 0 saturated carbocycles. The molecule has 1 aliphatic heterocycles. The summed E-state index contributed by atoms with van der Waals surface area (Å²) in [5.41, 5.74) is 7.36. The highest BCUT2D eigenvalue weighted by molar-refractivity contribution is 5.82. The van der Waals surface area contributed by atoms with Gasteiger partial charge in [-0.15, -0.1) is 0 Å². The van der Waals surface area contributed by atoms with Crippen molar-refractivity contribution in [2.75, 3.05) is 20.6 Å². The molecule has 6 heteroatoms. The minimum atomic E-state index is -0.265. The Morgan fingerprint density at radius 2 is 2.04 bits per heavy atom. The number of nitrogens with zero attached hydrogens (tertiary/aromatic N) is 1. The Balaban J connectivity index is 1.55. The van der Waals surface area contributed by atoms with Gasteiger partial charge in [0.1, 0.15) is 11.8 Å². The Morgan fingerprint density at radius 1 is 1.25 bits per heavy atom.